The third kappa shape index (κ3) is 18.5. The number of benzene rings is 1. The van der Waals surface area contributed by atoms with Crippen molar-refractivity contribution in [3.05, 3.63) is 65.0 Å². The number of nitriles is 1. The van der Waals surface area contributed by atoms with Gasteiger partial charge in [0.15, 0.2) is 0 Å². The first-order valence-electron chi connectivity index (χ1n) is 19.4. The minimum absolute atomic E-state index is 0.0657. The molecule has 4 N–H and O–H groups in total. The molecule has 0 bridgehead atoms. The molecule has 1 saturated heterocycles. The molecule has 0 amide bonds. The Morgan fingerprint density at radius 3 is 2.39 bits per heavy atom. The van der Waals surface area contributed by atoms with Crippen LogP contribution in [0.5, 0.6) is 0 Å². The quantitative estimate of drug-likeness (QED) is 0.0192. The molecule has 0 saturated carbocycles. The average molecular weight is 720 g/mol. The summed E-state index contributed by atoms with van der Waals surface area (Å²) in [6.07, 6.45) is 28.5. The Bertz CT molecular complexity index is 1350. The highest BCUT2D eigenvalue weighted by Gasteiger charge is 2.28. The van der Waals surface area contributed by atoms with Crippen LogP contribution in [0.2, 0.25) is 0 Å². The van der Waals surface area contributed by atoms with Crippen LogP contribution in [0.1, 0.15) is 158 Å². The number of nitrogens with one attached hydrogen (secondary N) is 2. The highest BCUT2D eigenvalue weighted by molar-refractivity contribution is 7.27. The van der Waals surface area contributed by atoms with Gasteiger partial charge in [0.1, 0.15) is 24.6 Å². The van der Waals surface area contributed by atoms with Crippen LogP contribution < -0.4 is 11.0 Å². The maximum Gasteiger partial charge on any atom is 0.439 e. The third-order valence-electron chi connectivity index (χ3n) is 9.32. The van der Waals surface area contributed by atoms with Gasteiger partial charge < -0.3 is 29.5 Å². The van der Waals surface area contributed by atoms with Gasteiger partial charge in [0.05, 0.1) is 36.6 Å². The van der Waals surface area contributed by atoms with Crippen LogP contribution in [0.25, 0.3) is 0 Å². The van der Waals surface area contributed by atoms with Crippen molar-refractivity contribution in [3.63, 3.8) is 0 Å². The number of hydrogen-bond acceptors (Lipinski definition) is 6. The number of amidine groups is 1. The van der Waals surface area contributed by atoms with Crippen molar-refractivity contribution >= 4 is 34.4 Å². The van der Waals surface area contributed by atoms with Gasteiger partial charge in [-0.3, -0.25) is 5.41 Å². The SMILES string of the molecule is CCCCCCCC/C=C/CCCCCCCCCCC(COBOC1CCC(c2ccc(/C(N)=N\C=N)[nH]2)O1)OCc1cc(P)cc(C#N)c1. The third-order valence-corrected chi connectivity index (χ3v) is 9.66. The van der Waals surface area contributed by atoms with E-state index in [4.69, 9.17) is 29.9 Å². The van der Waals surface area contributed by atoms with Gasteiger partial charge in [-0.1, -0.05) is 96.1 Å². The molecular formula is C40H63BN5O4P. The summed E-state index contributed by atoms with van der Waals surface area (Å²) in [6, 6.07) is 11.8. The zero-order valence-electron chi connectivity index (χ0n) is 31.1. The molecule has 1 fully saturated rings. The predicted octanol–water partition coefficient (Wildman–Crippen LogP) is 8.97. The molecular weight excluding hydrogens is 656 g/mol. The zero-order chi connectivity index (χ0) is 36.4. The Hall–Kier alpha value is -2.80. The summed E-state index contributed by atoms with van der Waals surface area (Å²) in [5, 5.41) is 17.5. The predicted molar refractivity (Wildman–Crippen MR) is 214 cm³/mol. The Balaban J connectivity index is 1.30. The summed E-state index contributed by atoms with van der Waals surface area (Å²) >= 11 is 0. The first-order chi connectivity index (χ1) is 25.0. The Kier molecular flexibility index (Phi) is 22.5. The maximum atomic E-state index is 9.38. The number of ether oxygens (including phenoxy) is 2. The van der Waals surface area contributed by atoms with Crippen LogP contribution in [0.3, 0.4) is 0 Å². The molecule has 1 aromatic heterocycles. The molecule has 3 rings (SSSR count). The van der Waals surface area contributed by atoms with Crippen molar-refractivity contribution in [1.82, 2.24) is 4.98 Å². The summed E-state index contributed by atoms with van der Waals surface area (Å²) < 4.78 is 24.3. The molecule has 2 aromatic rings. The summed E-state index contributed by atoms with van der Waals surface area (Å²) in [4.78, 5) is 7.04. The van der Waals surface area contributed by atoms with E-state index in [0.717, 1.165) is 48.6 Å². The minimum Gasteiger partial charge on any atom is -0.411 e. The number of H-pyrrole nitrogens is 1. The highest BCUT2D eigenvalue weighted by Crippen LogP contribution is 2.32. The fourth-order valence-electron chi connectivity index (χ4n) is 6.42. The van der Waals surface area contributed by atoms with Crippen molar-refractivity contribution in [1.29, 1.82) is 10.7 Å². The van der Waals surface area contributed by atoms with E-state index in [2.05, 4.69) is 44.4 Å². The molecule has 1 aromatic carbocycles. The second kappa shape index (κ2) is 26.9. The summed E-state index contributed by atoms with van der Waals surface area (Å²) in [5.41, 5.74) is 9.07. The molecule has 4 atom stereocenters. The Morgan fingerprint density at radius 2 is 1.71 bits per heavy atom. The van der Waals surface area contributed by atoms with Gasteiger partial charge in [0.25, 0.3) is 0 Å². The van der Waals surface area contributed by atoms with E-state index in [0.29, 0.717) is 24.5 Å². The summed E-state index contributed by atoms with van der Waals surface area (Å²) in [6.45, 7) is 3.14. The fraction of sp³-hybridized carbons (Fsp3) is 0.625. The van der Waals surface area contributed by atoms with E-state index in [1.165, 1.54) is 96.3 Å². The zero-order valence-corrected chi connectivity index (χ0v) is 32.2. The van der Waals surface area contributed by atoms with Crippen LogP contribution in [0, 0.1) is 16.7 Å². The number of rotatable bonds is 29. The van der Waals surface area contributed by atoms with E-state index in [-0.39, 0.29) is 32.0 Å². The number of nitrogens with zero attached hydrogens (tertiary/aromatic N) is 2. The van der Waals surface area contributed by atoms with Gasteiger partial charge in [-0.15, -0.1) is 9.24 Å². The van der Waals surface area contributed by atoms with Crippen molar-refractivity contribution in [2.75, 3.05) is 6.61 Å². The lowest BCUT2D eigenvalue weighted by molar-refractivity contribution is -0.0861. The number of allylic oxidation sites excluding steroid dienone is 2. The minimum atomic E-state index is -0.353. The lowest BCUT2D eigenvalue weighted by atomic mass is 10.0. The highest BCUT2D eigenvalue weighted by atomic mass is 31.0. The molecule has 2 heterocycles. The van der Waals surface area contributed by atoms with E-state index < -0.39 is 0 Å². The molecule has 1 aliphatic heterocycles. The van der Waals surface area contributed by atoms with Gasteiger partial charge in [-0.25, -0.2) is 4.99 Å². The van der Waals surface area contributed by atoms with Crippen molar-refractivity contribution < 1.29 is 18.8 Å². The molecule has 0 spiro atoms. The van der Waals surface area contributed by atoms with Gasteiger partial charge >= 0.3 is 7.69 Å². The second-order valence-corrected chi connectivity index (χ2v) is 14.4. The number of unbranched alkanes of at least 4 members (excludes halogenated alkanes) is 14. The van der Waals surface area contributed by atoms with E-state index in [1.807, 2.05) is 30.3 Å². The number of aliphatic imine (C=N–C) groups is 1. The first-order valence-corrected chi connectivity index (χ1v) is 20.0. The molecule has 51 heavy (non-hydrogen) atoms. The Labute approximate surface area is 310 Å². The molecule has 11 heteroatoms. The van der Waals surface area contributed by atoms with Crippen LogP contribution in [-0.4, -0.2) is 43.8 Å². The van der Waals surface area contributed by atoms with Crippen LogP contribution >= 0.6 is 9.24 Å². The van der Waals surface area contributed by atoms with Crippen LogP contribution in [0.4, 0.5) is 0 Å². The summed E-state index contributed by atoms with van der Waals surface area (Å²) in [5.74, 6) is 0.266. The monoisotopic (exact) mass is 719 g/mol. The Morgan fingerprint density at radius 1 is 1.02 bits per heavy atom. The normalized spacial score (nSPS) is 16.8. The molecule has 280 valence electrons. The topological polar surface area (TPSA) is 139 Å². The van der Waals surface area contributed by atoms with Crippen LogP contribution in [0.15, 0.2) is 47.5 Å². The van der Waals surface area contributed by atoms with Crippen LogP contribution in [-0.2, 0) is 25.4 Å². The molecule has 1 aliphatic rings. The second-order valence-electron chi connectivity index (χ2n) is 13.7. The summed E-state index contributed by atoms with van der Waals surface area (Å²) in [7, 11) is 2.80. The lowest BCUT2D eigenvalue weighted by Crippen LogP contribution is -2.24. The van der Waals surface area contributed by atoms with Gasteiger partial charge in [0.2, 0.25) is 0 Å². The van der Waals surface area contributed by atoms with Gasteiger partial charge in [-0.2, -0.15) is 5.26 Å². The molecule has 0 radical (unpaired) electrons. The van der Waals surface area contributed by atoms with E-state index >= 15 is 0 Å². The van der Waals surface area contributed by atoms with Crippen molar-refractivity contribution in [2.45, 2.75) is 154 Å². The molecule has 9 nitrogen and oxygen atoms in total. The maximum absolute atomic E-state index is 9.38. The number of aromatic amines is 1. The largest absolute Gasteiger partial charge is 0.439 e. The van der Waals surface area contributed by atoms with Crippen molar-refractivity contribution in [3.8, 4) is 6.07 Å². The number of aromatic nitrogens is 1. The fourth-order valence-corrected chi connectivity index (χ4v) is 6.81. The van der Waals surface area contributed by atoms with Gasteiger partial charge in [0, 0.05) is 5.69 Å². The standard InChI is InChI=1S/C40H63BN5O4P/c1-2-3-4-5-6-7-8-9-10-11-12-13-14-15-16-17-18-19-20-34(47-29-33-25-32(28-42)26-35(51)27-33)30-48-41-50-39-24-23-38(49-39)36-21-22-37(46-36)40(44)45-31-43/h9-10,21-22,25-27,31,34,38-39,41,46H,2-8,11-20,23-24,29-30,51H2,1H3,(H3,43,44,45)/b10-9+. The smallest absolute Gasteiger partial charge is 0.411 e. The van der Waals surface area contributed by atoms with Crippen molar-refractivity contribution in [2.24, 2.45) is 10.7 Å². The molecule has 0 aliphatic carbocycles. The first kappa shape index (κ1) is 42.6. The number of hydrogen-bond donors (Lipinski definition) is 3. The average Bonchev–Trinajstić information content (AvgIpc) is 3.82. The lowest BCUT2D eigenvalue weighted by Gasteiger charge is -2.19. The van der Waals surface area contributed by atoms with Gasteiger partial charge in [-0.05, 0) is 86.1 Å². The molecule has 4 unspecified atom stereocenters. The van der Waals surface area contributed by atoms with E-state index in [1.54, 1.807) is 0 Å². The van der Waals surface area contributed by atoms with E-state index in [9.17, 15) is 5.26 Å². The number of nitrogens with two attached hydrogens (primary N) is 1.